The molecule has 0 amide bonds. The molecule has 2 aromatic heterocycles. The van der Waals surface area contributed by atoms with Gasteiger partial charge in [0.05, 0.1) is 23.2 Å². The lowest BCUT2D eigenvalue weighted by atomic mass is 10.2. The fourth-order valence-electron chi connectivity index (χ4n) is 3.04. The Morgan fingerprint density at radius 1 is 1.26 bits per heavy atom. The fourth-order valence-corrected chi connectivity index (χ4v) is 4.73. The SMILES string of the molecule is CCc1nc(C)c(-c2nc(C3CC3)nn2[C@@H]2CCS(=O)(=O)C2)o1. The summed E-state index contributed by atoms with van der Waals surface area (Å²) in [7, 11) is -2.98. The molecule has 1 aliphatic carbocycles. The first kappa shape index (κ1) is 14.9. The van der Waals surface area contributed by atoms with Gasteiger partial charge in [-0.05, 0) is 26.2 Å². The molecule has 2 fully saturated rings. The van der Waals surface area contributed by atoms with Crippen LogP contribution in [0, 0.1) is 6.92 Å². The third kappa shape index (κ3) is 2.69. The predicted octanol–water partition coefficient (Wildman–Crippen LogP) is 2.04. The zero-order valence-electron chi connectivity index (χ0n) is 13.3. The van der Waals surface area contributed by atoms with Gasteiger partial charge in [0, 0.05) is 12.3 Å². The van der Waals surface area contributed by atoms with Crippen LogP contribution in [0.3, 0.4) is 0 Å². The summed E-state index contributed by atoms with van der Waals surface area (Å²) in [6.07, 6.45) is 3.49. The Hall–Kier alpha value is -1.70. The summed E-state index contributed by atoms with van der Waals surface area (Å²) in [5.41, 5.74) is 0.777. The van der Waals surface area contributed by atoms with Crippen LogP contribution in [0.15, 0.2) is 4.42 Å². The molecule has 1 aliphatic heterocycles. The summed E-state index contributed by atoms with van der Waals surface area (Å²) in [4.78, 5) is 9.07. The number of oxazole rings is 1. The molecule has 23 heavy (non-hydrogen) atoms. The van der Waals surface area contributed by atoms with Gasteiger partial charge in [-0.1, -0.05) is 6.92 Å². The Morgan fingerprint density at radius 3 is 2.61 bits per heavy atom. The lowest BCUT2D eigenvalue weighted by Crippen LogP contribution is -2.14. The average Bonchev–Trinajstić information content (AvgIpc) is 2.99. The molecular weight excluding hydrogens is 316 g/mol. The minimum atomic E-state index is -2.98. The van der Waals surface area contributed by atoms with Crippen LogP contribution in [-0.4, -0.2) is 39.7 Å². The summed E-state index contributed by atoms with van der Waals surface area (Å²) >= 11 is 0. The van der Waals surface area contributed by atoms with E-state index in [9.17, 15) is 8.42 Å². The van der Waals surface area contributed by atoms with Crippen molar-refractivity contribution in [1.82, 2.24) is 19.7 Å². The van der Waals surface area contributed by atoms with Crippen LogP contribution < -0.4 is 0 Å². The summed E-state index contributed by atoms with van der Waals surface area (Å²) < 4.78 is 31.3. The lowest BCUT2D eigenvalue weighted by Gasteiger charge is -2.10. The third-order valence-corrected chi connectivity index (χ3v) is 6.24. The zero-order chi connectivity index (χ0) is 16.2. The normalized spacial score (nSPS) is 23.5. The van der Waals surface area contributed by atoms with Crippen LogP contribution in [0.5, 0.6) is 0 Å². The molecular formula is C15H20N4O3S. The van der Waals surface area contributed by atoms with Crippen molar-refractivity contribution in [3.63, 3.8) is 0 Å². The van der Waals surface area contributed by atoms with Gasteiger partial charge in [0.2, 0.25) is 0 Å². The van der Waals surface area contributed by atoms with Crippen LogP contribution in [-0.2, 0) is 16.3 Å². The van der Waals surface area contributed by atoms with Crippen LogP contribution in [0.1, 0.15) is 55.6 Å². The Labute approximate surface area is 135 Å². The van der Waals surface area contributed by atoms with Gasteiger partial charge < -0.3 is 4.42 Å². The van der Waals surface area contributed by atoms with E-state index >= 15 is 0 Å². The molecule has 1 saturated heterocycles. The zero-order valence-corrected chi connectivity index (χ0v) is 14.1. The van der Waals surface area contributed by atoms with Crippen molar-refractivity contribution in [2.75, 3.05) is 11.5 Å². The van der Waals surface area contributed by atoms with Crippen LogP contribution in [0.2, 0.25) is 0 Å². The van der Waals surface area contributed by atoms with E-state index < -0.39 is 9.84 Å². The van der Waals surface area contributed by atoms with Crippen molar-refractivity contribution in [3.05, 3.63) is 17.4 Å². The van der Waals surface area contributed by atoms with E-state index in [2.05, 4.69) is 15.1 Å². The molecule has 0 aromatic carbocycles. The second-order valence-corrected chi connectivity index (χ2v) is 8.67. The van der Waals surface area contributed by atoms with Crippen molar-refractivity contribution in [1.29, 1.82) is 0 Å². The lowest BCUT2D eigenvalue weighted by molar-refractivity contribution is 0.474. The Balaban J connectivity index is 1.79. The van der Waals surface area contributed by atoms with E-state index in [4.69, 9.17) is 4.42 Å². The van der Waals surface area contributed by atoms with Gasteiger partial charge in [0.15, 0.2) is 33.1 Å². The van der Waals surface area contributed by atoms with E-state index in [1.54, 1.807) is 4.68 Å². The molecule has 124 valence electrons. The predicted molar refractivity (Wildman–Crippen MR) is 83.9 cm³/mol. The molecule has 0 spiro atoms. The van der Waals surface area contributed by atoms with Gasteiger partial charge in [-0.3, -0.25) is 0 Å². The number of nitrogens with zero attached hydrogens (tertiary/aromatic N) is 4. The van der Waals surface area contributed by atoms with Crippen molar-refractivity contribution >= 4 is 9.84 Å². The summed E-state index contributed by atoms with van der Waals surface area (Å²) in [5, 5.41) is 4.63. The number of rotatable bonds is 4. The van der Waals surface area contributed by atoms with Gasteiger partial charge >= 0.3 is 0 Å². The largest absolute Gasteiger partial charge is 0.437 e. The molecule has 0 N–H and O–H groups in total. The summed E-state index contributed by atoms with van der Waals surface area (Å²) in [5.74, 6) is 3.45. The second kappa shape index (κ2) is 5.15. The Bertz CT molecular complexity index is 848. The van der Waals surface area contributed by atoms with Gasteiger partial charge in [0.1, 0.15) is 0 Å². The first-order valence-corrected chi connectivity index (χ1v) is 9.92. The molecule has 7 nitrogen and oxygen atoms in total. The highest BCUT2D eigenvalue weighted by Gasteiger charge is 2.36. The third-order valence-electron chi connectivity index (χ3n) is 4.49. The van der Waals surface area contributed by atoms with E-state index in [-0.39, 0.29) is 17.5 Å². The van der Waals surface area contributed by atoms with Crippen LogP contribution >= 0.6 is 0 Å². The quantitative estimate of drug-likeness (QED) is 0.848. The fraction of sp³-hybridized carbons (Fsp3) is 0.667. The van der Waals surface area contributed by atoms with E-state index in [0.29, 0.717) is 36.2 Å². The van der Waals surface area contributed by atoms with Gasteiger partial charge in [0.25, 0.3) is 0 Å². The van der Waals surface area contributed by atoms with E-state index in [1.165, 1.54) is 0 Å². The Morgan fingerprint density at radius 2 is 2.04 bits per heavy atom. The van der Waals surface area contributed by atoms with E-state index in [0.717, 1.165) is 24.4 Å². The molecule has 2 aromatic rings. The highest BCUT2D eigenvalue weighted by Crippen LogP contribution is 2.40. The van der Waals surface area contributed by atoms with Gasteiger partial charge in [-0.2, -0.15) is 5.10 Å². The number of hydrogen-bond donors (Lipinski definition) is 0. The Kier molecular flexibility index (Phi) is 3.33. The van der Waals surface area contributed by atoms with Crippen molar-refractivity contribution < 1.29 is 12.8 Å². The van der Waals surface area contributed by atoms with Crippen molar-refractivity contribution in [2.45, 2.75) is 51.5 Å². The highest BCUT2D eigenvalue weighted by molar-refractivity contribution is 7.91. The molecule has 1 atom stereocenters. The second-order valence-electron chi connectivity index (χ2n) is 6.45. The monoisotopic (exact) mass is 336 g/mol. The highest BCUT2D eigenvalue weighted by atomic mass is 32.2. The number of hydrogen-bond acceptors (Lipinski definition) is 6. The summed E-state index contributed by atoms with van der Waals surface area (Å²) in [6.45, 7) is 3.87. The minimum absolute atomic E-state index is 0.126. The number of sulfone groups is 1. The summed E-state index contributed by atoms with van der Waals surface area (Å²) in [6, 6.07) is -0.162. The first-order chi connectivity index (χ1) is 11.0. The maximum atomic E-state index is 11.8. The van der Waals surface area contributed by atoms with E-state index in [1.807, 2.05) is 13.8 Å². The van der Waals surface area contributed by atoms with Crippen molar-refractivity contribution in [2.24, 2.45) is 0 Å². The number of aryl methyl sites for hydroxylation is 2. The maximum absolute atomic E-state index is 11.8. The van der Waals surface area contributed by atoms with Crippen LogP contribution in [0.25, 0.3) is 11.6 Å². The topological polar surface area (TPSA) is 90.9 Å². The van der Waals surface area contributed by atoms with Gasteiger partial charge in [-0.15, -0.1) is 0 Å². The van der Waals surface area contributed by atoms with Crippen LogP contribution in [0.4, 0.5) is 0 Å². The molecule has 0 unspecified atom stereocenters. The molecule has 0 bridgehead atoms. The number of aromatic nitrogens is 4. The average molecular weight is 336 g/mol. The maximum Gasteiger partial charge on any atom is 0.196 e. The molecule has 8 heteroatoms. The smallest absolute Gasteiger partial charge is 0.196 e. The molecule has 4 rings (SSSR count). The molecule has 0 radical (unpaired) electrons. The van der Waals surface area contributed by atoms with Crippen molar-refractivity contribution in [3.8, 4) is 11.6 Å². The standard InChI is InChI=1S/C15H20N4O3S/c1-3-12-16-9(2)13(22-12)15-17-14(10-4-5-10)18-19(15)11-6-7-23(20,21)8-11/h10-11H,3-8H2,1-2H3/t11-/m1/s1. The minimum Gasteiger partial charge on any atom is -0.437 e. The first-order valence-electron chi connectivity index (χ1n) is 8.10. The molecule has 2 aliphatic rings. The van der Waals surface area contributed by atoms with Gasteiger partial charge in [-0.25, -0.2) is 23.1 Å². The molecule has 3 heterocycles. The molecule has 1 saturated carbocycles.